The van der Waals surface area contributed by atoms with Crippen LogP contribution in [0.3, 0.4) is 0 Å². The first kappa shape index (κ1) is 11.9. The van der Waals surface area contributed by atoms with Gasteiger partial charge in [0.05, 0.1) is 13.7 Å². The van der Waals surface area contributed by atoms with Crippen LogP contribution < -0.4 is 10.1 Å². The van der Waals surface area contributed by atoms with Crippen LogP contribution in [0.4, 0.5) is 0 Å². The zero-order valence-electron chi connectivity index (χ0n) is 9.86. The Morgan fingerprint density at radius 1 is 1.62 bits per heavy atom. The number of hydrogen-bond acceptors (Lipinski definition) is 4. The molecule has 1 aliphatic heterocycles. The second-order valence-electron chi connectivity index (χ2n) is 4.22. The van der Waals surface area contributed by atoms with Crippen molar-refractivity contribution in [1.29, 1.82) is 0 Å². The summed E-state index contributed by atoms with van der Waals surface area (Å²) >= 11 is 1.70. The van der Waals surface area contributed by atoms with Gasteiger partial charge in [-0.2, -0.15) is 0 Å². The van der Waals surface area contributed by atoms with E-state index in [4.69, 9.17) is 9.47 Å². The Morgan fingerprint density at radius 2 is 2.50 bits per heavy atom. The monoisotopic (exact) mass is 241 g/mol. The van der Waals surface area contributed by atoms with Crippen LogP contribution in [0.2, 0.25) is 0 Å². The summed E-state index contributed by atoms with van der Waals surface area (Å²) in [6, 6.07) is 4.66. The van der Waals surface area contributed by atoms with Gasteiger partial charge in [-0.05, 0) is 31.4 Å². The minimum atomic E-state index is 0.524. The van der Waals surface area contributed by atoms with E-state index in [1.54, 1.807) is 18.4 Å². The highest BCUT2D eigenvalue weighted by Gasteiger charge is 2.21. The number of thiophene rings is 1. The highest BCUT2D eigenvalue weighted by molar-refractivity contribution is 7.13. The summed E-state index contributed by atoms with van der Waals surface area (Å²) in [6.07, 6.45) is 1.18. The van der Waals surface area contributed by atoms with Gasteiger partial charge in [0.15, 0.2) is 5.06 Å². The van der Waals surface area contributed by atoms with Crippen LogP contribution in [-0.4, -0.2) is 26.4 Å². The molecule has 1 aromatic rings. The van der Waals surface area contributed by atoms with Gasteiger partial charge < -0.3 is 14.8 Å². The molecule has 16 heavy (non-hydrogen) atoms. The van der Waals surface area contributed by atoms with E-state index < -0.39 is 0 Å². The first-order chi connectivity index (χ1) is 7.79. The lowest BCUT2D eigenvalue weighted by Gasteiger charge is -2.18. The Morgan fingerprint density at radius 3 is 3.12 bits per heavy atom. The molecule has 90 valence electrons. The summed E-state index contributed by atoms with van der Waals surface area (Å²) in [4.78, 5) is 1.32. The molecule has 0 bridgehead atoms. The maximum atomic E-state index is 5.39. The third-order valence-corrected chi connectivity index (χ3v) is 4.16. The summed E-state index contributed by atoms with van der Waals surface area (Å²) < 4.78 is 10.6. The molecule has 0 aromatic carbocycles. The lowest BCUT2D eigenvalue weighted by molar-refractivity contribution is 0.178. The van der Waals surface area contributed by atoms with E-state index in [9.17, 15) is 0 Å². The molecule has 2 unspecified atom stereocenters. The Kier molecular flexibility index (Phi) is 4.21. The number of rotatable bonds is 5. The maximum absolute atomic E-state index is 5.39. The molecule has 2 atom stereocenters. The van der Waals surface area contributed by atoms with E-state index >= 15 is 0 Å². The molecule has 2 rings (SSSR count). The van der Waals surface area contributed by atoms with Crippen molar-refractivity contribution in [3.8, 4) is 5.06 Å². The van der Waals surface area contributed by atoms with Crippen LogP contribution in [0, 0.1) is 5.92 Å². The highest BCUT2D eigenvalue weighted by atomic mass is 32.1. The Hall–Kier alpha value is -0.580. The van der Waals surface area contributed by atoms with Gasteiger partial charge in [-0.15, -0.1) is 11.3 Å². The molecule has 4 heteroatoms. The summed E-state index contributed by atoms with van der Waals surface area (Å²) in [7, 11) is 1.71. The van der Waals surface area contributed by atoms with Crippen molar-refractivity contribution in [3.63, 3.8) is 0 Å². The molecular weight excluding hydrogens is 222 g/mol. The molecule has 0 radical (unpaired) electrons. The maximum Gasteiger partial charge on any atom is 0.173 e. The largest absolute Gasteiger partial charge is 0.487 e. The molecule has 1 saturated heterocycles. The summed E-state index contributed by atoms with van der Waals surface area (Å²) in [5, 5.41) is 4.53. The van der Waals surface area contributed by atoms with Crippen LogP contribution in [-0.2, 0) is 11.3 Å². The van der Waals surface area contributed by atoms with Gasteiger partial charge in [0, 0.05) is 24.1 Å². The molecule has 3 nitrogen and oxygen atoms in total. The second-order valence-corrected chi connectivity index (χ2v) is 5.35. The van der Waals surface area contributed by atoms with Crippen molar-refractivity contribution in [2.75, 3.05) is 20.3 Å². The van der Waals surface area contributed by atoms with Crippen molar-refractivity contribution in [1.82, 2.24) is 5.32 Å². The normalized spacial score (nSPS) is 22.2. The molecule has 0 amide bonds. The van der Waals surface area contributed by atoms with Gasteiger partial charge in [-0.1, -0.05) is 0 Å². The summed E-state index contributed by atoms with van der Waals surface area (Å²) in [5.41, 5.74) is 0. The molecule has 0 saturated carbocycles. The fraction of sp³-hybridized carbons (Fsp3) is 0.667. The lowest BCUT2D eigenvalue weighted by Crippen LogP contribution is -2.33. The Labute approximate surface area is 101 Å². The van der Waals surface area contributed by atoms with Crippen molar-refractivity contribution in [2.24, 2.45) is 5.92 Å². The van der Waals surface area contributed by atoms with Crippen LogP contribution >= 0.6 is 11.3 Å². The van der Waals surface area contributed by atoms with Gasteiger partial charge in [0.25, 0.3) is 0 Å². The van der Waals surface area contributed by atoms with Crippen molar-refractivity contribution < 1.29 is 9.47 Å². The lowest BCUT2D eigenvalue weighted by atomic mass is 10.0. The number of hydrogen-bond donors (Lipinski definition) is 1. The van der Waals surface area contributed by atoms with Crippen LogP contribution in [0.1, 0.15) is 18.2 Å². The SMILES string of the molecule is COc1ccc(CNC(C)C2CCOC2)s1. The van der Waals surface area contributed by atoms with Gasteiger partial charge in [-0.3, -0.25) is 0 Å². The van der Waals surface area contributed by atoms with Crippen molar-refractivity contribution in [2.45, 2.75) is 25.9 Å². The van der Waals surface area contributed by atoms with Gasteiger partial charge >= 0.3 is 0 Å². The van der Waals surface area contributed by atoms with E-state index in [1.165, 1.54) is 11.3 Å². The summed E-state index contributed by atoms with van der Waals surface area (Å²) in [5.74, 6) is 0.668. The molecule has 1 fully saturated rings. The van der Waals surface area contributed by atoms with E-state index in [0.29, 0.717) is 12.0 Å². The van der Waals surface area contributed by atoms with Crippen LogP contribution in [0.25, 0.3) is 0 Å². The highest BCUT2D eigenvalue weighted by Crippen LogP contribution is 2.24. The number of nitrogens with one attached hydrogen (secondary N) is 1. The fourth-order valence-corrected chi connectivity index (χ4v) is 2.71. The quantitative estimate of drug-likeness (QED) is 0.858. The van der Waals surface area contributed by atoms with E-state index in [-0.39, 0.29) is 0 Å². The zero-order valence-corrected chi connectivity index (χ0v) is 10.7. The minimum Gasteiger partial charge on any atom is -0.487 e. The van der Waals surface area contributed by atoms with Crippen molar-refractivity contribution >= 4 is 11.3 Å². The van der Waals surface area contributed by atoms with Gasteiger partial charge in [-0.25, -0.2) is 0 Å². The number of methoxy groups -OCH3 is 1. The second kappa shape index (κ2) is 5.66. The molecule has 1 aliphatic rings. The van der Waals surface area contributed by atoms with E-state index in [1.807, 2.05) is 6.07 Å². The Balaban J connectivity index is 1.77. The third kappa shape index (κ3) is 2.97. The molecule has 0 spiro atoms. The van der Waals surface area contributed by atoms with E-state index in [0.717, 1.165) is 24.8 Å². The standard InChI is InChI=1S/C12H19NO2S/c1-9(10-5-6-15-8-10)13-7-11-3-4-12(14-2)16-11/h3-4,9-10,13H,5-8H2,1-2H3. The zero-order chi connectivity index (χ0) is 11.4. The van der Waals surface area contributed by atoms with Crippen molar-refractivity contribution in [3.05, 3.63) is 17.0 Å². The summed E-state index contributed by atoms with van der Waals surface area (Å²) in [6.45, 7) is 4.99. The molecule has 1 N–H and O–H groups in total. The predicted octanol–water partition coefficient (Wildman–Crippen LogP) is 2.27. The molecule has 2 heterocycles. The Bertz CT molecular complexity index is 321. The first-order valence-corrected chi connectivity index (χ1v) is 6.55. The van der Waals surface area contributed by atoms with Gasteiger partial charge in [0.2, 0.25) is 0 Å². The van der Waals surface area contributed by atoms with Crippen LogP contribution in [0.5, 0.6) is 5.06 Å². The molecule has 0 aliphatic carbocycles. The third-order valence-electron chi connectivity index (χ3n) is 3.11. The smallest absolute Gasteiger partial charge is 0.173 e. The average Bonchev–Trinajstić information content (AvgIpc) is 2.96. The average molecular weight is 241 g/mol. The first-order valence-electron chi connectivity index (χ1n) is 5.73. The topological polar surface area (TPSA) is 30.5 Å². The fourth-order valence-electron chi connectivity index (χ4n) is 1.94. The van der Waals surface area contributed by atoms with E-state index in [2.05, 4.69) is 18.3 Å². The molecular formula is C12H19NO2S. The van der Waals surface area contributed by atoms with Gasteiger partial charge in [0.1, 0.15) is 0 Å². The number of ether oxygens (including phenoxy) is 2. The minimum absolute atomic E-state index is 0.524. The van der Waals surface area contributed by atoms with Crippen LogP contribution in [0.15, 0.2) is 12.1 Å². The predicted molar refractivity (Wildman–Crippen MR) is 66.1 cm³/mol. The molecule has 1 aromatic heterocycles.